The zero-order valence-corrected chi connectivity index (χ0v) is 15.0. The number of amides is 2. The Morgan fingerprint density at radius 1 is 1.19 bits per heavy atom. The summed E-state index contributed by atoms with van der Waals surface area (Å²) in [7, 11) is 0. The number of benzene rings is 2. The van der Waals surface area contributed by atoms with Gasteiger partial charge in [-0.1, -0.05) is 18.2 Å². The lowest BCUT2D eigenvalue weighted by Crippen LogP contribution is -2.35. The van der Waals surface area contributed by atoms with Gasteiger partial charge in [-0.15, -0.1) is 0 Å². The summed E-state index contributed by atoms with van der Waals surface area (Å²) in [6.45, 7) is 1.29. The summed E-state index contributed by atoms with van der Waals surface area (Å²) in [5, 5.41) is 3.01. The number of rotatable bonds is 5. The Morgan fingerprint density at radius 2 is 2.00 bits per heavy atom. The van der Waals surface area contributed by atoms with E-state index in [1.54, 1.807) is 17.0 Å². The summed E-state index contributed by atoms with van der Waals surface area (Å²) in [4.78, 5) is 25.8. The maximum absolute atomic E-state index is 12.3. The third-order valence-electron chi connectivity index (χ3n) is 4.89. The Labute approximate surface area is 158 Å². The molecule has 1 N–H and O–H groups in total. The number of hydrogen-bond acceptors (Lipinski definition) is 4. The number of para-hydroxylation sites is 1. The van der Waals surface area contributed by atoms with E-state index in [9.17, 15) is 9.59 Å². The first kappa shape index (κ1) is 17.4. The first-order chi connectivity index (χ1) is 13.2. The van der Waals surface area contributed by atoms with Crippen LogP contribution in [-0.2, 0) is 9.59 Å². The molecule has 2 aliphatic heterocycles. The van der Waals surface area contributed by atoms with Crippen LogP contribution in [0, 0.1) is 0 Å². The molecule has 27 heavy (non-hydrogen) atoms. The highest BCUT2D eigenvalue weighted by Gasteiger charge is 2.23. The number of hydrogen-bond donors (Lipinski definition) is 1. The molecule has 2 aromatic rings. The lowest BCUT2D eigenvalue weighted by atomic mass is 10.0. The Balaban J connectivity index is 1.31. The van der Waals surface area contributed by atoms with Crippen LogP contribution in [0.2, 0.25) is 0 Å². The van der Waals surface area contributed by atoms with Gasteiger partial charge in [-0.25, -0.2) is 0 Å². The summed E-state index contributed by atoms with van der Waals surface area (Å²) >= 11 is 0. The van der Waals surface area contributed by atoms with E-state index in [1.165, 1.54) is 0 Å². The quantitative estimate of drug-likeness (QED) is 0.884. The van der Waals surface area contributed by atoms with Gasteiger partial charge in [-0.05, 0) is 36.8 Å². The second-order valence-corrected chi connectivity index (χ2v) is 6.73. The zero-order chi connectivity index (χ0) is 18.6. The van der Waals surface area contributed by atoms with Crippen molar-refractivity contribution in [3.63, 3.8) is 0 Å². The minimum Gasteiger partial charge on any atom is -0.493 e. The van der Waals surface area contributed by atoms with Crippen molar-refractivity contribution in [1.82, 2.24) is 5.32 Å². The van der Waals surface area contributed by atoms with E-state index >= 15 is 0 Å². The van der Waals surface area contributed by atoms with Gasteiger partial charge in [0, 0.05) is 30.6 Å². The molecule has 6 heteroatoms. The smallest absolute Gasteiger partial charge is 0.258 e. The summed E-state index contributed by atoms with van der Waals surface area (Å²) < 4.78 is 11.2. The fourth-order valence-electron chi connectivity index (χ4n) is 3.52. The molecule has 0 radical (unpaired) electrons. The molecular formula is C21H22N2O4. The van der Waals surface area contributed by atoms with Gasteiger partial charge in [-0.3, -0.25) is 9.59 Å². The Hall–Kier alpha value is -3.02. The highest BCUT2D eigenvalue weighted by molar-refractivity contribution is 5.95. The SMILES string of the molecule is O=C(COc1ccc(N2CCCC2=O)cc1)N[C@@H]1CCOc2ccccc21. The van der Waals surface area contributed by atoms with Crippen molar-refractivity contribution in [2.45, 2.75) is 25.3 Å². The Bertz CT molecular complexity index is 834. The van der Waals surface area contributed by atoms with E-state index in [2.05, 4.69) is 5.32 Å². The lowest BCUT2D eigenvalue weighted by Gasteiger charge is -2.26. The van der Waals surface area contributed by atoms with Crippen LogP contribution in [0.5, 0.6) is 11.5 Å². The average Bonchev–Trinajstić information content (AvgIpc) is 3.13. The fourth-order valence-corrected chi connectivity index (χ4v) is 3.52. The van der Waals surface area contributed by atoms with Crippen molar-refractivity contribution in [1.29, 1.82) is 0 Å². The second kappa shape index (κ2) is 7.70. The predicted molar refractivity (Wildman–Crippen MR) is 101 cm³/mol. The van der Waals surface area contributed by atoms with Crippen LogP contribution in [0.25, 0.3) is 0 Å². The third-order valence-corrected chi connectivity index (χ3v) is 4.89. The van der Waals surface area contributed by atoms with E-state index in [1.807, 2.05) is 36.4 Å². The van der Waals surface area contributed by atoms with Crippen molar-refractivity contribution in [3.8, 4) is 11.5 Å². The molecule has 2 amide bonds. The lowest BCUT2D eigenvalue weighted by molar-refractivity contribution is -0.124. The minimum atomic E-state index is -0.171. The first-order valence-corrected chi connectivity index (χ1v) is 9.25. The van der Waals surface area contributed by atoms with Crippen LogP contribution in [0.15, 0.2) is 48.5 Å². The van der Waals surface area contributed by atoms with Gasteiger partial charge in [0.05, 0.1) is 12.6 Å². The molecule has 1 atom stereocenters. The van der Waals surface area contributed by atoms with Crippen molar-refractivity contribution in [2.75, 3.05) is 24.7 Å². The molecule has 1 fully saturated rings. The molecule has 140 valence electrons. The molecule has 2 aromatic carbocycles. The van der Waals surface area contributed by atoms with Gasteiger partial charge in [0.25, 0.3) is 5.91 Å². The summed E-state index contributed by atoms with van der Waals surface area (Å²) in [6, 6.07) is 15.0. The number of carbonyl (C=O) groups is 2. The van der Waals surface area contributed by atoms with Crippen molar-refractivity contribution >= 4 is 17.5 Å². The number of ether oxygens (including phenoxy) is 2. The van der Waals surface area contributed by atoms with Gasteiger partial charge >= 0.3 is 0 Å². The van der Waals surface area contributed by atoms with Crippen LogP contribution in [-0.4, -0.2) is 31.6 Å². The number of fused-ring (bicyclic) bond motifs is 1. The molecule has 0 unspecified atom stereocenters. The van der Waals surface area contributed by atoms with Crippen molar-refractivity contribution in [3.05, 3.63) is 54.1 Å². The maximum Gasteiger partial charge on any atom is 0.258 e. The molecule has 1 saturated heterocycles. The average molecular weight is 366 g/mol. The zero-order valence-electron chi connectivity index (χ0n) is 15.0. The standard InChI is InChI=1S/C21H22N2O4/c24-20(22-18-11-13-26-19-5-2-1-4-17(18)19)14-27-16-9-7-15(8-10-16)23-12-3-6-21(23)25/h1-2,4-5,7-10,18H,3,6,11-14H2,(H,22,24)/t18-/m1/s1. The molecular weight excluding hydrogens is 344 g/mol. The molecule has 0 spiro atoms. The topological polar surface area (TPSA) is 67.9 Å². The van der Waals surface area contributed by atoms with E-state index in [0.29, 0.717) is 18.8 Å². The van der Waals surface area contributed by atoms with Gasteiger partial charge in [0.15, 0.2) is 6.61 Å². The molecule has 4 rings (SSSR count). The first-order valence-electron chi connectivity index (χ1n) is 9.25. The van der Waals surface area contributed by atoms with Gasteiger partial charge in [-0.2, -0.15) is 0 Å². The summed E-state index contributed by atoms with van der Waals surface area (Å²) in [5.74, 6) is 1.41. The van der Waals surface area contributed by atoms with Gasteiger partial charge in [0.1, 0.15) is 11.5 Å². The highest BCUT2D eigenvalue weighted by atomic mass is 16.5. The maximum atomic E-state index is 12.3. The monoisotopic (exact) mass is 366 g/mol. The van der Waals surface area contributed by atoms with Crippen LogP contribution >= 0.6 is 0 Å². The van der Waals surface area contributed by atoms with Crippen molar-refractivity contribution in [2.24, 2.45) is 0 Å². The number of nitrogens with zero attached hydrogens (tertiary/aromatic N) is 1. The fraction of sp³-hybridized carbons (Fsp3) is 0.333. The molecule has 2 aliphatic rings. The van der Waals surface area contributed by atoms with Crippen LogP contribution in [0.3, 0.4) is 0 Å². The Kier molecular flexibility index (Phi) is 4.96. The minimum absolute atomic E-state index is 0.0541. The van der Waals surface area contributed by atoms with Gasteiger partial charge in [0.2, 0.25) is 5.91 Å². The van der Waals surface area contributed by atoms with E-state index in [-0.39, 0.29) is 24.5 Å². The van der Waals surface area contributed by atoms with Crippen molar-refractivity contribution < 1.29 is 19.1 Å². The number of anilines is 1. The highest BCUT2D eigenvalue weighted by Crippen LogP contribution is 2.31. The Morgan fingerprint density at radius 3 is 2.78 bits per heavy atom. The second-order valence-electron chi connectivity index (χ2n) is 6.73. The molecule has 0 saturated carbocycles. The van der Waals surface area contributed by atoms with E-state index < -0.39 is 0 Å². The molecule has 6 nitrogen and oxygen atoms in total. The molecule has 0 bridgehead atoms. The summed E-state index contributed by atoms with van der Waals surface area (Å²) in [6.07, 6.45) is 2.24. The van der Waals surface area contributed by atoms with Crippen LogP contribution < -0.4 is 19.7 Å². The molecule has 0 aromatic heterocycles. The normalized spacial score (nSPS) is 18.6. The molecule has 2 heterocycles. The summed E-state index contributed by atoms with van der Waals surface area (Å²) in [5.41, 5.74) is 1.87. The van der Waals surface area contributed by atoms with E-state index in [0.717, 1.165) is 36.4 Å². The van der Waals surface area contributed by atoms with Crippen LogP contribution in [0.4, 0.5) is 5.69 Å². The largest absolute Gasteiger partial charge is 0.493 e. The van der Waals surface area contributed by atoms with E-state index in [4.69, 9.17) is 9.47 Å². The third kappa shape index (κ3) is 3.89. The van der Waals surface area contributed by atoms with Crippen LogP contribution in [0.1, 0.15) is 30.9 Å². The predicted octanol–water partition coefficient (Wildman–Crippen LogP) is 2.83. The number of carbonyl (C=O) groups excluding carboxylic acids is 2. The number of nitrogens with one attached hydrogen (secondary N) is 1. The molecule has 0 aliphatic carbocycles. The van der Waals surface area contributed by atoms with Gasteiger partial charge < -0.3 is 19.7 Å².